The molecule has 7 nitrogen and oxygen atoms in total. The van der Waals surface area contributed by atoms with Gasteiger partial charge < -0.3 is 10.4 Å². The Bertz CT molecular complexity index is 1200. The molecule has 1 aliphatic rings. The topological polar surface area (TPSA) is 99.8 Å². The van der Waals surface area contributed by atoms with Crippen LogP contribution in [0.2, 0.25) is 0 Å². The number of fused-ring (bicyclic) bond motifs is 1. The molecule has 3 aromatic heterocycles. The van der Waals surface area contributed by atoms with Crippen LogP contribution in [0.25, 0.3) is 22.2 Å². The van der Waals surface area contributed by atoms with Gasteiger partial charge in [0, 0.05) is 17.7 Å². The number of benzene rings is 1. The minimum Gasteiger partial charge on any atom is -0.361 e. The number of nitrogen functional groups attached to an aromatic ring is 1. The van der Waals surface area contributed by atoms with E-state index in [0.29, 0.717) is 34.0 Å². The zero-order valence-electron chi connectivity index (χ0n) is 15.6. The van der Waals surface area contributed by atoms with Crippen LogP contribution in [0.15, 0.2) is 41.1 Å². The van der Waals surface area contributed by atoms with Crippen LogP contribution in [0.5, 0.6) is 0 Å². The molecule has 0 amide bonds. The van der Waals surface area contributed by atoms with E-state index in [1.165, 1.54) is 0 Å². The Labute approximate surface area is 161 Å². The van der Waals surface area contributed by atoms with Gasteiger partial charge in [0.05, 0.1) is 16.8 Å². The van der Waals surface area contributed by atoms with Crippen molar-refractivity contribution in [3.63, 3.8) is 0 Å². The highest BCUT2D eigenvalue weighted by atomic mass is 16.5. The number of hydrogen-bond donors (Lipinski definition) is 1. The van der Waals surface area contributed by atoms with Crippen molar-refractivity contribution in [3.05, 3.63) is 65.1 Å². The van der Waals surface area contributed by atoms with E-state index in [1.807, 2.05) is 26.0 Å². The first-order valence-corrected chi connectivity index (χ1v) is 9.25. The highest BCUT2D eigenvalue weighted by molar-refractivity contribution is 6.15. The third-order valence-electron chi connectivity index (χ3n) is 5.22. The summed E-state index contributed by atoms with van der Waals surface area (Å²) >= 11 is 0. The summed E-state index contributed by atoms with van der Waals surface area (Å²) in [6.07, 6.45) is 3.75. The lowest BCUT2D eigenvalue weighted by Gasteiger charge is -2.09. The van der Waals surface area contributed by atoms with Crippen LogP contribution < -0.4 is 5.84 Å². The van der Waals surface area contributed by atoms with Crippen LogP contribution in [-0.4, -0.2) is 25.6 Å². The molecule has 4 aromatic rings. The summed E-state index contributed by atoms with van der Waals surface area (Å²) in [7, 11) is 0. The number of imidazole rings is 1. The molecule has 0 radical (unpaired) electrons. The number of aromatic nitrogens is 4. The number of rotatable bonds is 4. The first-order chi connectivity index (χ1) is 13.5. The van der Waals surface area contributed by atoms with Crippen molar-refractivity contribution < 1.29 is 9.32 Å². The van der Waals surface area contributed by atoms with Gasteiger partial charge in [-0.2, -0.15) is 0 Å². The lowest BCUT2D eigenvalue weighted by Crippen LogP contribution is -2.15. The summed E-state index contributed by atoms with van der Waals surface area (Å²) in [6.45, 7) is 3.74. The Morgan fingerprint density at radius 3 is 2.71 bits per heavy atom. The Balaban J connectivity index is 1.79. The van der Waals surface area contributed by atoms with Gasteiger partial charge in [0.1, 0.15) is 22.8 Å². The summed E-state index contributed by atoms with van der Waals surface area (Å²) in [6, 6.07) is 9.08. The molecule has 140 valence electrons. The molecule has 0 atom stereocenters. The molecule has 1 aliphatic carbocycles. The Morgan fingerprint density at radius 1 is 1.25 bits per heavy atom. The van der Waals surface area contributed by atoms with Gasteiger partial charge in [-0.1, -0.05) is 11.2 Å². The highest BCUT2D eigenvalue weighted by Crippen LogP contribution is 2.41. The molecule has 0 spiro atoms. The van der Waals surface area contributed by atoms with Gasteiger partial charge in [-0.05, 0) is 56.5 Å². The second-order valence-corrected chi connectivity index (χ2v) is 7.25. The number of carbonyl (C=O) groups is 1. The van der Waals surface area contributed by atoms with E-state index in [-0.39, 0.29) is 5.78 Å². The van der Waals surface area contributed by atoms with Crippen molar-refractivity contribution in [1.82, 2.24) is 19.8 Å². The zero-order chi connectivity index (χ0) is 19.4. The summed E-state index contributed by atoms with van der Waals surface area (Å²) in [5, 5.41) is 4.04. The maximum Gasteiger partial charge on any atom is 0.213 e. The van der Waals surface area contributed by atoms with E-state index < -0.39 is 0 Å². The SMILES string of the molecule is Cc1noc(C)c1-c1cc(C(=O)c2ccccn2)c2c(c1)nc(C1CC1)n2N. The van der Waals surface area contributed by atoms with Crippen LogP contribution in [0.4, 0.5) is 0 Å². The van der Waals surface area contributed by atoms with Gasteiger partial charge in [-0.3, -0.25) is 9.78 Å². The molecule has 28 heavy (non-hydrogen) atoms. The van der Waals surface area contributed by atoms with E-state index in [1.54, 1.807) is 29.1 Å². The van der Waals surface area contributed by atoms with Crippen LogP contribution in [0, 0.1) is 13.8 Å². The predicted molar refractivity (Wildman–Crippen MR) is 104 cm³/mol. The molecule has 1 saturated carbocycles. The fraction of sp³-hybridized carbons (Fsp3) is 0.238. The number of hydrogen-bond acceptors (Lipinski definition) is 6. The van der Waals surface area contributed by atoms with Gasteiger partial charge in [0.2, 0.25) is 5.78 Å². The lowest BCUT2D eigenvalue weighted by atomic mass is 9.97. The predicted octanol–water partition coefficient (Wildman–Crippen LogP) is 3.53. The Hall–Kier alpha value is -3.48. The molecule has 0 aliphatic heterocycles. The van der Waals surface area contributed by atoms with E-state index in [4.69, 9.17) is 15.3 Å². The molecule has 7 heteroatoms. The van der Waals surface area contributed by atoms with E-state index in [9.17, 15) is 4.79 Å². The average molecular weight is 373 g/mol. The number of carbonyl (C=O) groups excluding carboxylic acids is 1. The quantitative estimate of drug-likeness (QED) is 0.434. The van der Waals surface area contributed by atoms with Crippen LogP contribution in [-0.2, 0) is 0 Å². The third kappa shape index (κ3) is 2.51. The molecule has 2 N–H and O–H groups in total. The molecule has 0 saturated heterocycles. The van der Waals surface area contributed by atoms with Crippen LogP contribution >= 0.6 is 0 Å². The second-order valence-electron chi connectivity index (χ2n) is 7.25. The smallest absolute Gasteiger partial charge is 0.213 e. The van der Waals surface area contributed by atoms with Gasteiger partial charge in [0.15, 0.2) is 0 Å². The monoisotopic (exact) mass is 373 g/mol. The number of nitrogens with two attached hydrogens (primary N) is 1. The first kappa shape index (κ1) is 16.7. The molecule has 1 aromatic carbocycles. The van der Waals surface area contributed by atoms with Crippen LogP contribution in [0.3, 0.4) is 0 Å². The fourth-order valence-corrected chi connectivity index (χ4v) is 3.73. The number of aryl methyl sites for hydroxylation is 2. The van der Waals surface area contributed by atoms with Crippen molar-refractivity contribution in [2.75, 3.05) is 5.84 Å². The first-order valence-electron chi connectivity index (χ1n) is 9.25. The maximum atomic E-state index is 13.3. The standard InChI is InChI=1S/C21H19N5O2/c1-11-18(12(2)28-25-11)14-9-15(20(27)16-5-3-4-8-23-16)19-17(10-14)24-21(26(19)22)13-6-7-13/h3-5,8-10,13H,6-7,22H2,1-2H3. The number of ketones is 1. The van der Waals surface area contributed by atoms with Gasteiger partial charge >= 0.3 is 0 Å². The third-order valence-corrected chi connectivity index (χ3v) is 5.22. The zero-order valence-corrected chi connectivity index (χ0v) is 15.6. The molecule has 1 fully saturated rings. The largest absolute Gasteiger partial charge is 0.361 e. The molecular formula is C21H19N5O2. The maximum absolute atomic E-state index is 13.3. The van der Waals surface area contributed by atoms with Crippen molar-refractivity contribution in [2.45, 2.75) is 32.6 Å². The molecule has 3 heterocycles. The van der Waals surface area contributed by atoms with Gasteiger partial charge in [0.25, 0.3) is 0 Å². The molecular weight excluding hydrogens is 354 g/mol. The van der Waals surface area contributed by atoms with Crippen molar-refractivity contribution in [3.8, 4) is 11.1 Å². The molecule has 0 unspecified atom stereocenters. The second kappa shape index (κ2) is 6.02. The van der Waals surface area contributed by atoms with Crippen LogP contribution in [0.1, 0.15) is 52.1 Å². The van der Waals surface area contributed by atoms with Crippen molar-refractivity contribution >= 4 is 16.8 Å². The van der Waals surface area contributed by atoms with E-state index in [2.05, 4.69) is 10.1 Å². The Morgan fingerprint density at radius 2 is 2.07 bits per heavy atom. The molecule has 5 rings (SSSR count). The average Bonchev–Trinajstić information content (AvgIpc) is 3.42. The van der Waals surface area contributed by atoms with Gasteiger partial charge in [-0.15, -0.1) is 0 Å². The Kier molecular flexibility index (Phi) is 3.58. The normalized spacial score (nSPS) is 13.9. The minimum absolute atomic E-state index is 0.187. The van der Waals surface area contributed by atoms with E-state index in [0.717, 1.165) is 35.5 Å². The van der Waals surface area contributed by atoms with Crippen molar-refractivity contribution in [2.24, 2.45) is 0 Å². The minimum atomic E-state index is -0.187. The summed E-state index contributed by atoms with van der Waals surface area (Å²) in [5.41, 5.74) is 4.65. The van der Waals surface area contributed by atoms with Gasteiger partial charge in [-0.25, -0.2) is 9.66 Å². The van der Waals surface area contributed by atoms with Crippen molar-refractivity contribution in [1.29, 1.82) is 0 Å². The number of nitrogens with zero attached hydrogens (tertiary/aromatic N) is 4. The summed E-state index contributed by atoms with van der Waals surface area (Å²) < 4.78 is 6.90. The summed E-state index contributed by atoms with van der Waals surface area (Å²) in [4.78, 5) is 22.3. The number of pyridine rings is 1. The fourth-order valence-electron chi connectivity index (χ4n) is 3.73. The van der Waals surface area contributed by atoms with E-state index >= 15 is 0 Å². The highest BCUT2D eigenvalue weighted by Gasteiger charge is 2.31. The molecule has 0 bridgehead atoms. The summed E-state index contributed by atoms with van der Waals surface area (Å²) in [5.74, 6) is 8.07. The lowest BCUT2D eigenvalue weighted by molar-refractivity contribution is 0.103.